The highest BCUT2D eigenvalue weighted by Gasteiger charge is 2.15. The van der Waals surface area contributed by atoms with Gasteiger partial charge in [0.2, 0.25) is 5.95 Å². The summed E-state index contributed by atoms with van der Waals surface area (Å²) in [6.07, 6.45) is -0.480. The number of hydrogen-bond donors (Lipinski definition) is 2. The van der Waals surface area contributed by atoms with E-state index in [1.165, 1.54) is 0 Å². The molecule has 0 unspecified atom stereocenters. The summed E-state index contributed by atoms with van der Waals surface area (Å²) in [5.41, 5.74) is 2.63. The van der Waals surface area contributed by atoms with Crippen LogP contribution in [0, 0.1) is 0 Å². The molecule has 1 aromatic heterocycles. The van der Waals surface area contributed by atoms with Crippen molar-refractivity contribution < 1.29 is 19.0 Å². The Labute approximate surface area is 210 Å². The van der Waals surface area contributed by atoms with E-state index in [0.717, 1.165) is 33.7 Å². The maximum atomic E-state index is 12.0. The number of amides is 1. The van der Waals surface area contributed by atoms with Crippen LogP contribution in [0.1, 0.15) is 5.56 Å². The van der Waals surface area contributed by atoms with Gasteiger partial charge in [0, 0.05) is 31.2 Å². The first-order valence-corrected chi connectivity index (χ1v) is 11.5. The average molecular weight is 488 g/mol. The van der Waals surface area contributed by atoms with Crippen LogP contribution < -0.4 is 25.0 Å². The van der Waals surface area contributed by atoms with Crippen molar-refractivity contribution in [2.75, 3.05) is 44.6 Å². The molecule has 0 aliphatic carbocycles. The largest absolute Gasteiger partial charge is 0.497 e. The maximum Gasteiger partial charge on any atom is 0.407 e. The third-order valence-corrected chi connectivity index (χ3v) is 5.55. The molecule has 3 aromatic carbocycles. The molecule has 0 aliphatic heterocycles. The van der Waals surface area contributed by atoms with Crippen LogP contribution >= 0.6 is 0 Å². The van der Waals surface area contributed by atoms with E-state index in [0.29, 0.717) is 24.9 Å². The van der Waals surface area contributed by atoms with Gasteiger partial charge in [-0.3, -0.25) is 0 Å². The summed E-state index contributed by atoms with van der Waals surface area (Å²) in [7, 11) is 5.21. The van der Waals surface area contributed by atoms with Crippen LogP contribution in [0.2, 0.25) is 0 Å². The fourth-order valence-electron chi connectivity index (χ4n) is 3.59. The van der Waals surface area contributed by atoms with Gasteiger partial charge in [0.15, 0.2) is 0 Å². The van der Waals surface area contributed by atoms with Crippen molar-refractivity contribution >= 4 is 34.4 Å². The predicted octanol–water partition coefficient (Wildman–Crippen LogP) is 4.75. The summed E-state index contributed by atoms with van der Waals surface area (Å²) >= 11 is 0. The first kappa shape index (κ1) is 24.6. The zero-order chi connectivity index (χ0) is 25.3. The Morgan fingerprint density at radius 1 is 0.889 bits per heavy atom. The van der Waals surface area contributed by atoms with Crippen molar-refractivity contribution in [1.29, 1.82) is 0 Å². The molecule has 36 heavy (non-hydrogen) atoms. The second-order valence-corrected chi connectivity index (χ2v) is 7.93. The number of aromatic nitrogens is 2. The molecule has 0 saturated heterocycles. The molecular formula is C27H29N5O4. The van der Waals surface area contributed by atoms with Crippen LogP contribution in [0.25, 0.3) is 10.9 Å². The van der Waals surface area contributed by atoms with Crippen molar-refractivity contribution in [2.45, 2.75) is 6.61 Å². The number of nitrogens with zero attached hydrogens (tertiary/aromatic N) is 3. The van der Waals surface area contributed by atoms with Gasteiger partial charge in [-0.15, -0.1) is 0 Å². The van der Waals surface area contributed by atoms with E-state index in [4.69, 9.17) is 19.2 Å². The van der Waals surface area contributed by atoms with Crippen LogP contribution in [0.4, 0.5) is 22.2 Å². The van der Waals surface area contributed by atoms with Crippen LogP contribution in [0.3, 0.4) is 0 Å². The third-order valence-electron chi connectivity index (χ3n) is 5.55. The molecule has 4 aromatic rings. The molecule has 0 aliphatic rings. The van der Waals surface area contributed by atoms with E-state index >= 15 is 0 Å². The molecule has 0 bridgehead atoms. The Bertz CT molecular complexity index is 1300. The van der Waals surface area contributed by atoms with Gasteiger partial charge in [-0.25, -0.2) is 9.78 Å². The van der Waals surface area contributed by atoms with E-state index in [-0.39, 0.29) is 6.61 Å². The first-order chi connectivity index (χ1) is 17.6. The molecule has 2 N–H and O–H groups in total. The van der Waals surface area contributed by atoms with Crippen molar-refractivity contribution in [1.82, 2.24) is 15.3 Å². The minimum atomic E-state index is -0.480. The lowest BCUT2D eigenvalue weighted by Crippen LogP contribution is -2.29. The quantitative estimate of drug-likeness (QED) is 0.309. The van der Waals surface area contributed by atoms with Gasteiger partial charge in [0.25, 0.3) is 0 Å². The lowest BCUT2D eigenvalue weighted by molar-refractivity contribution is 0.140. The Morgan fingerprint density at radius 3 is 2.33 bits per heavy atom. The van der Waals surface area contributed by atoms with E-state index in [1.54, 1.807) is 14.2 Å². The lowest BCUT2D eigenvalue weighted by Gasteiger charge is -2.21. The summed E-state index contributed by atoms with van der Waals surface area (Å²) in [6, 6.07) is 22.9. The Kier molecular flexibility index (Phi) is 8.02. The first-order valence-electron chi connectivity index (χ1n) is 11.5. The van der Waals surface area contributed by atoms with E-state index in [2.05, 4.69) is 15.6 Å². The third kappa shape index (κ3) is 6.12. The summed E-state index contributed by atoms with van der Waals surface area (Å²) in [5.74, 6) is 2.65. The summed E-state index contributed by atoms with van der Waals surface area (Å²) in [5, 5.41) is 6.77. The number of hydrogen-bond acceptors (Lipinski definition) is 8. The average Bonchev–Trinajstić information content (AvgIpc) is 2.93. The zero-order valence-corrected chi connectivity index (χ0v) is 20.5. The number of ether oxygens (including phenoxy) is 3. The van der Waals surface area contributed by atoms with Gasteiger partial charge in [-0.2, -0.15) is 4.98 Å². The normalized spacial score (nSPS) is 10.5. The fourth-order valence-corrected chi connectivity index (χ4v) is 3.59. The van der Waals surface area contributed by atoms with E-state index in [1.807, 2.05) is 84.7 Å². The van der Waals surface area contributed by atoms with Crippen molar-refractivity contribution in [3.8, 4) is 11.5 Å². The molecule has 186 valence electrons. The minimum absolute atomic E-state index is 0.221. The zero-order valence-electron chi connectivity index (χ0n) is 20.5. The molecule has 0 spiro atoms. The molecule has 9 nitrogen and oxygen atoms in total. The monoisotopic (exact) mass is 487 g/mol. The number of nitrogens with one attached hydrogen (secondary N) is 2. The highest BCUT2D eigenvalue weighted by molar-refractivity contribution is 5.93. The van der Waals surface area contributed by atoms with Crippen LogP contribution in [0.5, 0.6) is 11.5 Å². The van der Waals surface area contributed by atoms with Crippen molar-refractivity contribution in [3.05, 3.63) is 78.4 Å². The molecule has 0 atom stereocenters. The lowest BCUT2D eigenvalue weighted by atomic mass is 10.2. The van der Waals surface area contributed by atoms with Gasteiger partial charge in [0.05, 0.1) is 19.7 Å². The summed E-state index contributed by atoms with van der Waals surface area (Å²) < 4.78 is 15.9. The van der Waals surface area contributed by atoms with Gasteiger partial charge in [0.1, 0.15) is 23.9 Å². The topological polar surface area (TPSA) is 97.8 Å². The molecular weight excluding hydrogens is 458 g/mol. The molecule has 9 heteroatoms. The van der Waals surface area contributed by atoms with Gasteiger partial charge >= 0.3 is 6.09 Å². The smallest absolute Gasteiger partial charge is 0.407 e. The van der Waals surface area contributed by atoms with Crippen molar-refractivity contribution in [3.63, 3.8) is 0 Å². The SMILES string of the molecule is COc1ccc(N(C)c2nc(NCCNC(=O)OCc3ccccc3)nc3ccc(OC)cc23)cc1. The fraction of sp³-hybridized carbons (Fsp3) is 0.222. The standard InChI is InChI=1S/C27H29N5O4/c1-32(20-9-11-21(34-2)12-10-20)25-23-17-22(35-3)13-14-24(23)30-26(31-25)28-15-16-29-27(33)36-18-19-7-5-4-6-8-19/h4-14,17H,15-16,18H2,1-3H3,(H,29,33)(H,28,30,31). The van der Waals surface area contributed by atoms with Gasteiger partial charge < -0.3 is 29.7 Å². The van der Waals surface area contributed by atoms with E-state index < -0.39 is 6.09 Å². The van der Waals surface area contributed by atoms with Crippen LogP contribution in [-0.4, -0.2) is 50.4 Å². The molecule has 0 fully saturated rings. The number of carbonyl (C=O) groups is 1. The molecule has 1 heterocycles. The van der Waals surface area contributed by atoms with Gasteiger partial charge in [-0.1, -0.05) is 30.3 Å². The number of carbonyl (C=O) groups excluding carboxylic acids is 1. The molecule has 0 saturated carbocycles. The molecule has 1 amide bonds. The highest BCUT2D eigenvalue weighted by Crippen LogP contribution is 2.32. The number of anilines is 3. The summed E-state index contributed by atoms with van der Waals surface area (Å²) in [6.45, 7) is 0.994. The second-order valence-electron chi connectivity index (χ2n) is 7.93. The number of benzene rings is 3. The molecule has 4 rings (SSSR count). The Hall–Kier alpha value is -4.53. The number of rotatable bonds is 10. The maximum absolute atomic E-state index is 12.0. The Balaban J connectivity index is 1.44. The van der Waals surface area contributed by atoms with Crippen LogP contribution in [0.15, 0.2) is 72.8 Å². The number of alkyl carbamates (subject to hydrolysis) is 1. The van der Waals surface area contributed by atoms with E-state index in [9.17, 15) is 4.79 Å². The minimum Gasteiger partial charge on any atom is -0.497 e. The van der Waals surface area contributed by atoms with Crippen molar-refractivity contribution in [2.24, 2.45) is 0 Å². The van der Waals surface area contributed by atoms with Crippen LogP contribution in [-0.2, 0) is 11.3 Å². The highest BCUT2D eigenvalue weighted by atomic mass is 16.5. The summed E-state index contributed by atoms with van der Waals surface area (Å²) in [4.78, 5) is 23.4. The Morgan fingerprint density at radius 2 is 1.61 bits per heavy atom. The predicted molar refractivity (Wildman–Crippen MR) is 140 cm³/mol. The number of fused-ring (bicyclic) bond motifs is 1. The number of methoxy groups -OCH3 is 2. The van der Waals surface area contributed by atoms with Gasteiger partial charge in [-0.05, 0) is 48.0 Å². The molecule has 0 radical (unpaired) electrons. The second kappa shape index (κ2) is 11.7.